The molecule has 1 atom stereocenters. The van der Waals surface area contributed by atoms with Crippen LogP contribution in [0.3, 0.4) is 0 Å². The number of aromatic amines is 1. The molecular weight excluding hydrogens is 380 g/mol. The number of nitrogens with one attached hydrogen (secondary N) is 3. The van der Waals surface area contributed by atoms with Crippen molar-refractivity contribution in [3.8, 4) is 0 Å². The lowest BCUT2D eigenvalue weighted by atomic mass is 10.1. The van der Waals surface area contributed by atoms with Gasteiger partial charge in [0, 0.05) is 13.0 Å². The van der Waals surface area contributed by atoms with Gasteiger partial charge in [-0.05, 0) is 36.2 Å². The van der Waals surface area contributed by atoms with E-state index in [1.807, 2.05) is 54.6 Å². The molecule has 0 spiro atoms. The van der Waals surface area contributed by atoms with Gasteiger partial charge in [0.05, 0.1) is 23.3 Å². The average Bonchev–Trinajstić information content (AvgIpc) is 3.44. The summed E-state index contributed by atoms with van der Waals surface area (Å²) in [4.78, 5) is 32.5. The third kappa shape index (κ3) is 4.75. The fraction of sp³-hybridized carbons (Fsp3) is 0.174. The summed E-state index contributed by atoms with van der Waals surface area (Å²) in [6.07, 6.45) is 2.19. The first-order chi connectivity index (χ1) is 14.7. The Morgan fingerprint density at radius 2 is 1.80 bits per heavy atom. The summed E-state index contributed by atoms with van der Waals surface area (Å²) >= 11 is 0. The highest BCUT2D eigenvalue weighted by Gasteiger charge is 2.19. The summed E-state index contributed by atoms with van der Waals surface area (Å²) in [6.45, 7) is 0.212. The molecule has 3 N–H and O–H groups in total. The van der Waals surface area contributed by atoms with Crippen LogP contribution in [-0.2, 0) is 11.2 Å². The van der Waals surface area contributed by atoms with Crippen molar-refractivity contribution in [2.45, 2.75) is 18.9 Å². The predicted molar refractivity (Wildman–Crippen MR) is 113 cm³/mol. The Morgan fingerprint density at radius 1 is 1.00 bits per heavy atom. The number of aromatic nitrogens is 2. The van der Waals surface area contributed by atoms with E-state index in [4.69, 9.17) is 4.42 Å². The van der Waals surface area contributed by atoms with E-state index in [2.05, 4.69) is 20.6 Å². The normalized spacial score (nSPS) is 11.9. The lowest BCUT2D eigenvalue weighted by Gasteiger charge is -2.17. The zero-order chi connectivity index (χ0) is 20.8. The molecule has 0 fully saturated rings. The molecular formula is C23H22N4O3. The third-order valence-electron chi connectivity index (χ3n) is 4.74. The maximum absolute atomic E-state index is 12.6. The summed E-state index contributed by atoms with van der Waals surface area (Å²) in [6, 6.07) is 20.6. The quantitative estimate of drug-likeness (QED) is 0.421. The van der Waals surface area contributed by atoms with Gasteiger partial charge in [-0.1, -0.05) is 42.5 Å². The molecule has 7 nitrogen and oxygen atoms in total. The zero-order valence-corrected chi connectivity index (χ0v) is 16.3. The molecule has 0 unspecified atom stereocenters. The minimum Gasteiger partial charge on any atom is -0.459 e. The van der Waals surface area contributed by atoms with E-state index in [-0.39, 0.29) is 36.6 Å². The molecule has 0 aliphatic heterocycles. The molecule has 30 heavy (non-hydrogen) atoms. The Bertz CT molecular complexity index is 1090. The number of para-hydroxylation sites is 2. The molecule has 0 saturated carbocycles. The van der Waals surface area contributed by atoms with E-state index in [0.717, 1.165) is 16.6 Å². The monoisotopic (exact) mass is 402 g/mol. The molecule has 4 rings (SSSR count). The Morgan fingerprint density at radius 3 is 2.57 bits per heavy atom. The van der Waals surface area contributed by atoms with Crippen LogP contribution in [0.15, 0.2) is 77.4 Å². The Hall–Kier alpha value is -3.87. The second kappa shape index (κ2) is 9.09. The van der Waals surface area contributed by atoms with Crippen molar-refractivity contribution in [3.05, 3.63) is 90.1 Å². The number of carbonyl (C=O) groups excluding carboxylic acids is 2. The van der Waals surface area contributed by atoms with Crippen LogP contribution in [0.1, 0.15) is 34.4 Å². The van der Waals surface area contributed by atoms with E-state index in [1.165, 1.54) is 6.26 Å². The summed E-state index contributed by atoms with van der Waals surface area (Å²) < 4.78 is 5.05. The van der Waals surface area contributed by atoms with Gasteiger partial charge in [0.15, 0.2) is 5.76 Å². The molecule has 2 aromatic heterocycles. The summed E-state index contributed by atoms with van der Waals surface area (Å²) in [5.41, 5.74) is 2.87. The lowest BCUT2D eigenvalue weighted by molar-refractivity contribution is -0.121. The van der Waals surface area contributed by atoms with E-state index >= 15 is 0 Å². The second-order valence-corrected chi connectivity index (χ2v) is 6.93. The van der Waals surface area contributed by atoms with Crippen LogP contribution in [0, 0.1) is 0 Å². The molecule has 0 bridgehead atoms. The minimum absolute atomic E-state index is 0.151. The lowest BCUT2D eigenvalue weighted by Crippen LogP contribution is -2.34. The van der Waals surface area contributed by atoms with Crippen LogP contribution in [0.2, 0.25) is 0 Å². The van der Waals surface area contributed by atoms with Crippen molar-refractivity contribution in [3.63, 3.8) is 0 Å². The number of carbonyl (C=O) groups is 2. The fourth-order valence-corrected chi connectivity index (χ4v) is 3.25. The van der Waals surface area contributed by atoms with Gasteiger partial charge < -0.3 is 20.0 Å². The molecule has 4 aromatic rings. The van der Waals surface area contributed by atoms with Gasteiger partial charge >= 0.3 is 0 Å². The number of H-pyrrole nitrogens is 1. The van der Waals surface area contributed by atoms with Gasteiger partial charge in [-0.2, -0.15) is 0 Å². The number of rotatable bonds is 8. The van der Waals surface area contributed by atoms with Gasteiger partial charge in [0.1, 0.15) is 5.82 Å². The van der Waals surface area contributed by atoms with Crippen molar-refractivity contribution >= 4 is 22.8 Å². The second-order valence-electron chi connectivity index (χ2n) is 6.93. The fourth-order valence-electron chi connectivity index (χ4n) is 3.25. The first kappa shape index (κ1) is 19.4. The average molecular weight is 402 g/mol. The van der Waals surface area contributed by atoms with Crippen LogP contribution in [0.25, 0.3) is 11.0 Å². The van der Waals surface area contributed by atoms with E-state index in [1.54, 1.807) is 12.1 Å². The topological polar surface area (TPSA) is 100 Å². The van der Waals surface area contributed by atoms with Crippen molar-refractivity contribution in [2.75, 3.05) is 6.54 Å². The summed E-state index contributed by atoms with van der Waals surface area (Å²) in [7, 11) is 0. The van der Waals surface area contributed by atoms with E-state index < -0.39 is 0 Å². The highest BCUT2D eigenvalue weighted by molar-refractivity contribution is 5.91. The Labute approximate surface area is 173 Å². The first-order valence-electron chi connectivity index (χ1n) is 9.78. The number of furan rings is 1. The van der Waals surface area contributed by atoms with Gasteiger partial charge in [0.2, 0.25) is 5.91 Å². The molecule has 0 aliphatic carbocycles. The standard InChI is InChI=1S/C23H22N4O3/c28-21(12-13-24-23(29)20-11-6-14-30-20)25-19(15-16-7-2-1-3-8-16)22-26-17-9-4-5-10-18(17)27-22/h1-11,14,19H,12-13,15H2,(H,24,29)(H,25,28)(H,26,27)/t19-/m1/s1. The molecule has 0 aliphatic rings. The maximum Gasteiger partial charge on any atom is 0.286 e. The van der Waals surface area contributed by atoms with E-state index in [9.17, 15) is 9.59 Å². The molecule has 152 valence electrons. The molecule has 2 amide bonds. The van der Waals surface area contributed by atoms with Crippen LogP contribution in [0.5, 0.6) is 0 Å². The van der Waals surface area contributed by atoms with Crippen molar-refractivity contribution in [1.29, 1.82) is 0 Å². The molecule has 0 saturated heterocycles. The van der Waals surface area contributed by atoms with Crippen molar-refractivity contribution < 1.29 is 14.0 Å². The molecule has 2 aromatic carbocycles. The number of nitrogens with zero attached hydrogens (tertiary/aromatic N) is 1. The van der Waals surface area contributed by atoms with Crippen LogP contribution in [0.4, 0.5) is 0 Å². The SMILES string of the molecule is O=C(CCNC(=O)c1ccco1)N[C@H](Cc1ccccc1)c1nc2ccccc2[nH]1. The highest BCUT2D eigenvalue weighted by atomic mass is 16.3. The van der Waals surface area contributed by atoms with Crippen LogP contribution in [-0.4, -0.2) is 28.3 Å². The molecule has 2 heterocycles. The number of imidazole rings is 1. The van der Waals surface area contributed by atoms with Crippen molar-refractivity contribution in [1.82, 2.24) is 20.6 Å². The maximum atomic E-state index is 12.6. The number of fused-ring (bicyclic) bond motifs is 1. The first-order valence-corrected chi connectivity index (χ1v) is 9.78. The van der Waals surface area contributed by atoms with Crippen LogP contribution < -0.4 is 10.6 Å². The number of hydrogen-bond acceptors (Lipinski definition) is 4. The van der Waals surface area contributed by atoms with Gasteiger partial charge in [-0.3, -0.25) is 9.59 Å². The van der Waals surface area contributed by atoms with Gasteiger partial charge in [-0.15, -0.1) is 0 Å². The number of benzene rings is 2. The van der Waals surface area contributed by atoms with Crippen LogP contribution >= 0.6 is 0 Å². The van der Waals surface area contributed by atoms with Gasteiger partial charge in [0.25, 0.3) is 5.91 Å². The Kier molecular flexibility index (Phi) is 5.89. The van der Waals surface area contributed by atoms with Gasteiger partial charge in [-0.25, -0.2) is 4.98 Å². The number of hydrogen-bond donors (Lipinski definition) is 3. The molecule has 0 radical (unpaired) electrons. The number of amides is 2. The van der Waals surface area contributed by atoms with Crippen molar-refractivity contribution in [2.24, 2.45) is 0 Å². The largest absolute Gasteiger partial charge is 0.459 e. The summed E-state index contributed by atoms with van der Waals surface area (Å²) in [5.74, 6) is 0.412. The summed E-state index contributed by atoms with van der Waals surface area (Å²) in [5, 5.41) is 5.73. The smallest absolute Gasteiger partial charge is 0.286 e. The minimum atomic E-state index is -0.342. The zero-order valence-electron chi connectivity index (χ0n) is 16.3. The Balaban J connectivity index is 1.42. The van der Waals surface area contributed by atoms with E-state index in [0.29, 0.717) is 12.2 Å². The highest BCUT2D eigenvalue weighted by Crippen LogP contribution is 2.20. The molecule has 7 heteroatoms. The predicted octanol–water partition coefficient (Wildman–Crippen LogP) is 3.38. The third-order valence-corrected chi connectivity index (χ3v) is 4.74.